The number of carbonyl (C=O) groups excluding carboxylic acids is 1. The first-order valence-electron chi connectivity index (χ1n) is 11.5. The fourth-order valence-electron chi connectivity index (χ4n) is 5.28. The molecule has 3 aliphatic rings. The van der Waals surface area contributed by atoms with Crippen LogP contribution < -0.4 is 16.0 Å². The van der Waals surface area contributed by atoms with Crippen molar-refractivity contribution in [3.8, 4) is 10.6 Å². The van der Waals surface area contributed by atoms with Gasteiger partial charge in [-0.25, -0.2) is 4.98 Å². The summed E-state index contributed by atoms with van der Waals surface area (Å²) >= 11 is 3.39. The van der Waals surface area contributed by atoms with Crippen LogP contribution in [0.1, 0.15) is 36.1 Å². The van der Waals surface area contributed by atoms with E-state index in [2.05, 4.69) is 25.8 Å². The van der Waals surface area contributed by atoms with Crippen LogP contribution in [0.15, 0.2) is 18.5 Å². The zero-order valence-electron chi connectivity index (χ0n) is 18.1. The van der Waals surface area contributed by atoms with Crippen LogP contribution >= 0.6 is 22.7 Å². The molecule has 3 aliphatic heterocycles. The number of piperidine rings is 1. The second kappa shape index (κ2) is 8.46. The monoisotopic (exact) mass is 468 g/mol. The smallest absolute Gasteiger partial charge is 0.226 e. The molecule has 0 aromatic carbocycles. The number of carbonyl (C=O) groups is 1. The number of thiazole rings is 1. The number of amides is 1. The van der Waals surface area contributed by atoms with E-state index in [1.807, 2.05) is 18.5 Å². The molecule has 3 aromatic heterocycles. The topological polar surface area (TPSA) is 82.2 Å². The summed E-state index contributed by atoms with van der Waals surface area (Å²) in [7, 11) is 0. The zero-order valence-corrected chi connectivity index (χ0v) is 19.7. The van der Waals surface area contributed by atoms with E-state index in [-0.39, 0.29) is 5.91 Å². The van der Waals surface area contributed by atoms with Gasteiger partial charge >= 0.3 is 0 Å². The summed E-state index contributed by atoms with van der Waals surface area (Å²) in [4.78, 5) is 26.0. The summed E-state index contributed by atoms with van der Waals surface area (Å²) in [6, 6.07) is 2.01. The van der Waals surface area contributed by atoms with Crippen LogP contribution in [0.3, 0.4) is 0 Å². The Morgan fingerprint density at radius 1 is 1.25 bits per heavy atom. The summed E-state index contributed by atoms with van der Waals surface area (Å²) in [5, 5.41) is 12.1. The minimum Gasteiger partial charge on any atom is -0.317 e. The molecule has 6 rings (SSSR count). The first kappa shape index (κ1) is 20.7. The number of thiophene rings is 1. The lowest BCUT2D eigenvalue weighted by Crippen LogP contribution is -2.70. The molecule has 0 radical (unpaired) electrons. The van der Waals surface area contributed by atoms with Gasteiger partial charge in [-0.1, -0.05) is 6.42 Å². The molecule has 2 saturated heterocycles. The van der Waals surface area contributed by atoms with Gasteiger partial charge in [0, 0.05) is 54.8 Å². The Bertz CT molecular complexity index is 1120. The van der Waals surface area contributed by atoms with Gasteiger partial charge in [0.25, 0.3) is 0 Å². The number of hydrogen-bond donors (Lipinski definition) is 3. The maximum Gasteiger partial charge on any atom is 0.226 e. The minimum absolute atomic E-state index is 0.105. The van der Waals surface area contributed by atoms with Crippen LogP contribution in [-0.2, 0) is 17.8 Å². The number of anilines is 1. The first-order valence-corrected chi connectivity index (χ1v) is 13.2. The Morgan fingerprint density at radius 3 is 3.03 bits per heavy atom. The summed E-state index contributed by atoms with van der Waals surface area (Å²) in [6.07, 6.45) is 8.93. The number of fused-ring (bicyclic) bond motifs is 2. The van der Waals surface area contributed by atoms with E-state index in [1.165, 1.54) is 29.7 Å². The van der Waals surface area contributed by atoms with E-state index in [4.69, 9.17) is 4.98 Å². The van der Waals surface area contributed by atoms with E-state index in [1.54, 1.807) is 22.7 Å². The van der Waals surface area contributed by atoms with Crippen molar-refractivity contribution in [1.82, 2.24) is 25.5 Å². The molecular formula is C23H28N6OS2. The lowest BCUT2D eigenvalue weighted by Gasteiger charge is -2.53. The summed E-state index contributed by atoms with van der Waals surface area (Å²) < 4.78 is 1.13. The fraction of sp³-hybridized carbons (Fsp3) is 0.522. The SMILES string of the molecule is O=C(CCN1CCCCC12CNC2)Nc1sc2c(c1-c1nc3cnccc3s1)CCNC2. The molecule has 3 aromatic rings. The normalized spacial score (nSPS) is 20.2. The zero-order chi connectivity index (χ0) is 21.5. The van der Waals surface area contributed by atoms with E-state index >= 15 is 0 Å². The van der Waals surface area contributed by atoms with E-state index < -0.39 is 0 Å². The average Bonchev–Trinajstić information content (AvgIpc) is 3.37. The van der Waals surface area contributed by atoms with Crippen molar-refractivity contribution in [2.24, 2.45) is 0 Å². The molecule has 2 fully saturated rings. The summed E-state index contributed by atoms with van der Waals surface area (Å²) in [5.74, 6) is 0.105. The second-order valence-electron chi connectivity index (χ2n) is 9.07. The molecule has 1 amide bonds. The Kier molecular flexibility index (Phi) is 5.47. The largest absolute Gasteiger partial charge is 0.317 e. The number of pyridine rings is 1. The molecule has 0 aliphatic carbocycles. The van der Waals surface area contributed by atoms with Gasteiger partial charge in [0.2, 0.25) is 5.91 Å². The van der Waals surface area contributed by atoms with Gasteiger partial charge in [0.15, 0.2) is 0 Å². The third-order valence-electron chi connectivity index (χ3n) is 7.09. The number of hydrogen-bond acceptors (Lipinski definition) is 8. The summed E-state index contributed by atoms with van der Waals surface area (Å²) in [6.45, 7) is 5.90. The van der Waals surface area contributed by atoms with Crippen LogP contribution in [0.5, 0.6) is 0 Å². The minimum atomic E-state index is 0.105. The maximum atomic E-state index is 13.1. The fourth-order valence-corrected chi connectivity index (χ4v) is 7.59. The number of aromatic nitrogens is 2. The van der Waals surface area contributed by atoms with Crippen molar-refractivity contribution < 1.29 is 4.79 Å². The molecule has 0 unspecified atom stereocenters. The summed E-state index contributed by atoms with van der Waals surface area (Å²) in [5.41, 5.74) is 3.68. The van der Waals surface area contributed by atoms with Crippen LogP contribution in [0, 0.1) is 0 Å². The molecule has 6 heterocycles. The molecule has 1 spiro atoms. The molecule has 0 atom stereocenters. The Morgan fingerprint density at radius 2 is 2.19 bits per heavy atom. The average molecular weight is 469 g/mol. The van der Waals surface area contributed by atoms with Crippen molar-refractivity contribution in [1.29, 1.82) is 0 Å². The highest BCUT2D eigenvalue weighted by molar-refractivity contribution is 7.22. The molecule has 168 valence electrons. The van der Waals surface area contributed by atoms with Crippen molar-refractivity contribution >= 4 is 43.8 Å². The molecule has 3 N–H and O–H groups in total. The van der Waals surface area contributed by atoms with Crippen molar-refractivity contribution in [3.63, 3.8) is 0 Å². The Balaban J connectivity index is 1.23. The molecule has 0 bridgehead atoms. The van der Waals surface area contributed by atoms with Gasteiger partial charge < -0.3 is 16.0 Å². The molecule has 7 nitrogen and oxygen atoms in total. The van der Waals surface area contributed by atoms with Gasteiger partial charge in [-0.05, 0) is 44.0 Å². The number of nitrogens with one attached hydrogen (secondary N) is 3. The Hall–Kier alpha value is -1.91. The van der Waals surface area contributed by atoms with Crippen molar-refractivity contribution in [3.05, 3.63) is 28.9 Å². The van der Waals surface area contributed by atoms with E-state index in [9.17, 15) is 4.79 Å². The number of likely N-dealkylation sites (tertiary alicyclic amines) is 1. The molecule has 0 saturated carbocycles. The van der Waals surface area contributed by atoms with Crippen LogP contribution in [0.2, 0.25) is 0 Å². The van der Waals surface area contributed by atoms with Crippen LogP contribution in [-0.4, -0.2) is 59.0 Å². The van der Waals surface area contributed by atoms with Gasteiger partial charge in [0.05, 0.1) is 10.9 Å². The molecular weight excluding hydrogens is 440 g/mol. The van der Waals surface area contributed by atoms with Gasteiger partial charge in [0.1, 0.15) is 15.5 Å². The standard InChI is InChI=1S/C23H28N6OS2/c30-19(5-10-29-9-2-1-6-23(29)13-26-14-23)28-22-20(15-3-7-25-12-18(15)32-22)21-27-16-11-24-8-4-17(16)31-21/h4,8,11,25-26H,1-3,5-7,9-10,12-14H2,(H,28,30). The first-order chi connectivity index (χ1) is 15.7. The lowest BCUT2D eigenvalue weighted by atomic mass is 9.81. The molecule has 9 heteroatoms. The van der Waals surface area contributed by atoms with Crippen LogP contribution in [0.4, 0.5) is 5.00 Å². The highest BCUT2D eigenvalue weighted by Gasteiger charge is 2.43. The quantitative estimate of drug-likeness (QED) is 0.533. The predicted molar refractivity (Wildman–Crippen MR) is 130 cm³/mol. The third kappa shape index (κ3) is 3.66. The highest BCUT2D eigenvalue weighted by Crippen LogP contribution is 2.44. The van der Waals surface area contributed by atoms with E-state index in [0.717, 1.165) is 71.5 Å². The van der Waals surface area contributed by atoms with Crippen LogP contribution in [0.25, 0.3) is 20.8 Å². The van der Waals surface area contributed by atoms with Gasteiger partial charge in [-0.3, -0.25) is 14.7 Å². The number of nitrogens with zero attached hydrogens (tertiary/aromatic N) is 3. The van der Waals surface area contributed by atoms with Crippen molar-refractivity contribution in [2.75, 3.05) is 38.0 Å². The van der Waals surface area contributed by atoms with Gasteiger partial charge in [-0.2, -0.15) is 0 Å². The second-order valence-corrected chi connectivity index (χ2v) is 11.2. The lowest BCUT2D eigenvalue weighted by molar-refractivity contribution is -0.117. The molecule has 32 heavy (non-hydrogen) atoms. The number of rotatable bonds is 5. The Labute approximate surface area is 195 Å². The highest BCUT2D eigenvalue weighted by atomic mass is 32.1. The van der Waals surface area contributed by atoms with Crippen molar-refractivity contribution in [2.45, 2.75) is 44.2 Å². The predicted octanol–water partition coefficient (Wildman–Crippen LogP) is 3.22. The maximum absolute atomic E-state index is 13.1. The van der Waals surface area contributed by atoms with E-state index in [0.29, 0.717) is 12.0 Å². The third-order valence-corrected chi connectivity index (χ3v) is 9.29. The van der Waals surface area contributed by atoms with Gasteiger partial charge in [-0.15, -0.1) is 22.7 Å².